The van der Waals surface area contributed by atoms with Crippen molar-refractivity contribution in [1.82, 2.24) is 14.4 Å². The highest BCUT2D eigenvalue weighted by Gasteiger charge is 2.17. The molecule has 0 N–H and O–H groups in total. The summed E-state index contributed by atoms with van der Waals surface area (Å²) in [5, 5.41) is 0. The number of aromatic nitrogens is 1. The van der Waals surface area contributed by atoms with Gasteiger partial charge in [0, 0.05) is 63.3 Å². The number of halogens is 2. The summed E-state index contributed by atoms with van der Waals surface area (Å²) in [6.45, 7) is 8.87. The summed E-state index contributed by atoms with van der Waals surface area (Å²) in [5.41, 5.74) is 4.04. The lowest BCUT2D eigenvalue weighted by Crippen LogP contribution is -2.41. The average Bonchev–Trinajstić information content (AvgIpc) is 3.22. The molecule has 0 radical (unpaired) electrons. The minimum atomic E-state index is -0.793. The topological polar surface area (TPSA) is 20.6 Å². The van der Waals surface area contributed by atoms with E-state index in [0.717, 1.165) is 51.6 Å². The largest absolute Gasteiger partial charge is 0.379 e. The summed E-state index contributed by atoms with van der Waals surface area (Å²) in [6, 6.07) is 17.1. The molecule has 0 unspecified atom stereocenters. The Bertz CT molecular complexity index is 1010. The second-order valence-corrected chi connectivity index (χ2v) is 8.49. The molecule has 1 aliphatic heterocycles. The molecule has 32 heavy (non-hydrogen) atoms. The molecule has 0 saturated carbocycles. The zero-order chi connectivity index (χ0) is 22.3. The predicted molar refractivity (Wildman–Crippen MR) is 122 cm³/mol. The SMILES string of the molecule is Cc1cccc(Cn2cccc2CN(CCN2CCOCC2)Cc2cccc(F)c2F)c1. The first kappa shape index (κ1) is 22.6. The zero-order valence-corrected chi connectivity index (χ0v) is 18.6. The molecule has 0 atom stereocenters. The van der Waals surface area contributed by atoms with Gasteiger partial charge in [0.1, 0.15) is 0 Å². The fraction of sp³-hybridized carbons (Fsp3) is 0.385. The molecule has 1 aromatic heterocycles. The van der Waals surface area contributed by atoms with Crippen LogP contribution in [0.2, 0.25) is 0 Å². The Balaban J connectivity index is 1.49. The van der Waals surface area contributed by atoms with E-state index in [2.05, 4.69) is 57.8 Å². The van der Waals surface area contributed by atoms with Gasteiger partial charge < -0.3 is 9.30 Å². The standard InChI is InChI=1S/C26H31F2N3O/c1-21-5-2-6-22(17-21)18-31-10-4-8-24(31)20-30(12-11-29-13-15-32-16-14-29)19-23-7-3-9-25(27)26(23)28/h2-10,17H,11-16,18-20H2,1H3. The molecule has 4 rings (SSSR count). The molecule has 1 saturated heterocycles. The van der Waals surface area contributed by atoms with E-state index in [-0.39, 0.29) is 0 Å². The van der Waals surface area contributed by atoms with Crippen molar-refractivity contribution in [3.05, 3.63) is 94.8 Å². The summed E-state index contributed by atoms with van der Waals surface area (Å²) >= 11 is 0. The number of ether oxygens (including phenoxy) is 1. The van der Waals surface area contributed by atoms with Gasteiger partial charge in [-0.05, 0) is 30.7 Å². The van der Waals surface area contributed by atoms with Crippen molar-refractivity contribution >= 4 is 0 Å². The molecule has 1 fully saturated rings. The van der Waals surface area contributed by atoms with E-state index in [4.69, 9.17) is 4.74 Å². The molecule has 3 aromatic rings. The first-order valence-corrected chi connectivity index (χ1v) is 11.2. The Labute approximate surface area is 189 Å². The number of benzene rings is 2. The fourth-order valence-electron chi connectivity index (χ4n) is 4.22. The Morgan fingerprint density at radius 1 is 0.969 bits per heavy atom. The van der Waals surface area contributed by atoms with Gasteiger partial charge in [0.05, 0.1) is 13.2 Å². The highest BCUT2D eigenvalue weighted by atomic mass is 19.2. The smallest absolute Gasteiger partial charge is 0.163 e. The third kappa shape index (κ3) is 6.03. The van der Waals surface area contributed by atoms with E-state index >= 15 is 0 Å². The number of rotatable bonds is 9. The molecule has 0 bridgehead atoms. The van der Waals surface area contributed by atoms with Crippen molar-refractivity contribution in [1.29, 1.82) is 0 Å². The van der Waals surface area contributed by atoms with Crippen LogP contribution in [0.1, 0.15) is 22.4 Å². The fourth-order valence-corrected chi connectivity index (χ4v) is 4.22. The Morgan fingerprint density at radius 3 is 2.59 bits per heavy atom. The van der Waals surface area contributed by atoms with Crippen LogP contribution in [0.3, 0.4) is 0 Å². The van der Waals surface area contributed by atoms with Crippen LogP contribution in [0.4, 0.5) is 8.78 Å². The molecule has 170 valence electrons. The van der Waals surface area contributed by atoms with E-state index in [1.165, 1.54) is 17.2 Å². The van der Waals surface area contributed by atoms with Crippen LogP contribution in [0.25, 0.3) is 0 Å². The number of hydrogen-bond acceptors (Lipinski definition) is 3. The van der Waals surface area contributed by atoms with Crippen molar-refractivity contribution in [2.45, 2.75) is 26.6 Å². The highest BCUT2D eigenvalue weighted by molar-refractivity contribution is 5.24. The Hall–Kier alpha value is -2.54. The first-order valence-electron chi connectivity index (χ1n) is 11.2. The molecule has 2 aromatic carbocycles. The molecule has 2 heterocycles. The number of morpholine rings is 1. The second-order valence-electron chi connectivity index (χ2n) is 8.49. The third-order valence-electron chi connectivity index (χ3n) is 6.01. The molecule has 1 aliphatic rings. The van der Waals surface area contributed by atoms with Crippen molar-refractivity contribution in [3.63, 3.8) is 0 Å². The highest BCUT2D eigenvalue weighted by Crippen LogP contribution is 2.17. The van der Waals surface area contributed by atoms with Crippen LogP contribution >= 0.6 is 0 Å². The quantitative estimate of drug-likeness (QED) is 0.491. The van der Waals surface area contributed by atoms with Gasteiger partial charge in [-0.25, -0.2) is 8.78 Å². The van der Waals surface area contributed by atoms with Crippen LogP contribution in [0, 0.1) is 18.6 Å². The van der Waals surface area contributed by atoms with Crippen LogP contribution < -0.4 is 0 Å². The molecule has 6 heteroatoms. The monoisotopic (exact) mass is 439 g/mol. The van der Waals surface area contributed by atoms with Gasteiger partial charge in [0.25, 0.3) is 0 Å². The van der Waals surface area contributed by atoms with Gasteiger partial charge in [-0.3, -0.25) is 9.80 Å². The maximum atomic E-state index is 14.4. The van der Waals surface area contributed by atoms with Crippen molar-refractivity contribution in [3.8, 4) is 0 Å². The minimum absolute atomic E-state index is 0.365. The first-order chi connectivity index (χ1) is 15.6. The second kappa shape index (κ2) is 10.9. The van der Waals surface area contributed by atoms with Crippen LogP contribution in [-0.4, -0.2) is 53.8 Å². The van der Waals surface area contributed by atoms with Gasteiger partial charge in [-0.2, -0.15) is 0 Å². The van der Waals surface area contributed by atoms with E-state index in [1.54, 1.807) is 12.1 Å². The minimum Gasteiger partial charge on any atom is -0.379 e. The summed E-state index contributed by atoms with van der Waals surface area (Å²) in [5.74, 6) is -1.54. The maximum Gasteiger partial charge on any atom is 0.163 e. The summed E-state index contributed by atoms with van der Waals surface area (Å²) < 4.78 is 35.9. The Morgan fingerprint density at radius 2 is 1.78 bits per heavy atom. The summed E-state index contributed by atoms with van der Waals surface area (Å²) in [4.78, 5) is 4.57. The van der Waals surface area contributed by atoms with Crippen LogP contribution in [0.15, 0.2) is 60.8 Å². The zero-order valence-electron chi connectivity index (χ0n) is 18.6. The summed E-state index contributed by atoms with van der Waals surface area (Å²) in [6.07, 6.45) is 2.08. The molecule has 0 amide bonds. The van der Waals surface area contributed by atoms with E-state index in [0.29, 0.717) is 18.7 Å². The number of aryl methyl sites for hydroxylation is 1. The predicted octanol–water partition coefficient (Wildman–Crippen LogP) is 4.46. The molecular weight excluding hydrogens is 408 g/mol. The van der Waals surface area contributed by atoms with Crippen LogP contribution in [-0.2, 0) is 24.4 Å². The lowest BCUT2D eigenvalue weighted by molar-refractivity contribution is 0.0323. The van der Waals surface area contributed by atoms with Crippen molar-refractivity contribution in [2.24, 2.45) is 0 Å². The van der Waals surface area contributed by atoms with Crippen molar-refractivity contribution < 1.29 is 13.5 Å². The van der Waals surface area contributed by atoms with Gasteiger partial charge in [-0.1, -0.05) is 42.0 Å². The number of hydrogen-bond donors (Lipinski definition) is 0. The molecule has 0 aliphatic carbocycles. The summed E-state index contributed by atoms with van der Waals surface area (Å²) in [7, 11) is 0. The molecule has 0 spiro atoms. The lowest BCUT2D eigenvalue weighted by atomic mass is 10.1. The Kier molecular flexibility index (Phi) is 7.68. The van der Waals surface area contributed by atoms with E-state index in [1.807, 2.05) is 6.07 Å². The normalized spacial score (nSPS) is 14.9. The van der Waals surface area contributed by atoms with Gasteiger partial charge >= 0.3 is 0 Å². The van der Waals surface area contributed by atoms with Crippen molar-refractivity contribution in [2.75, 3.05) is 39.4 Å². The average molecular weight is 440 g/mol. The van der Waals surface area contributed by atoms with E-state index < -0.39 is 11.6 Å². The van der Waals surface area contributed by atoms with E-state index in [9.17, 15) is 8.78 Å². The van der Waals surface area contributed by atoms with Crippen LogP contribution in [0.5, 0.6) is 0 Å². The van der Waals surface area contributed by atoms with Gasteiger partial charge in [0.2, 0.25) is 0 Å². The third-order valence-corrected chi connectivity index (χ3v) is 6.01. The number of nitrogens with zero attached hydrogens (tertiary/aromatic N) is 3. The molecule has 4 nitrogen and oxygen atoms in total. The molecular formula is C26H31F2N3O. The van der Waals surface area contributed by atoms with Gasteiger partial charge in [-0.15, -0.1) is 0 Å². The lowest BCUT2D eigenvalue weighted by Gasteiger charge is -2.30. The van der Waals surface area contributed by atoms with Gasteiger partial charge in [0.15, 0.2) is 11.6 Å². The maximum absolute atomic E-state index is 14.4.